The summed E-state index contributed by atoms with van der Waals surface area (Å²) in [4.78, 5) is 3.60. The van der Waals surface area contributed by atoms with Gasteiger partial charge in [0.1, 0.15) is 22.1 Å². The third-order valence-electron chi connectivity index (χ3n) is 5.39. The van der Waals surface area contributed by atoms with Crippen LogP contribution in [-0.2, 0) is 13.1 Å². The number of fused-ring (bicyclic) bond motifs is 2. The lowest BCUT2D eigenvalue weighted by Gasteiger charge is -1.98. The number of benzene rings is 2. The van der Waals surface area contributed by atoms with E-state index in [-0.39, 0.29) is 0 Å². The molecule has 0 fully saturated rings. The third kappa shape index (κ3) is 7.58. The van der Waals surface area contributed by atoms with E-state index in [9.17, 15) is 0 Å². The summed E-state index contributed by atoms with van der Waals surface area (Å²) in [5.74, 6) is 0. The molecule has 0 radical (unpaired) electrons. The van der Waals surface area contributed by atoms with Gasteiger partial charge in [-0.1, -0.05) is 52.4 Å². The number of rotatable bonds is 10. The summed E-state index contributed by atoms with van der Waals surface area (Å²) in [5, 5.41) is 18.0. The Bertz CT molecular complexity index is 1030. The van der Waals surface area contributed by atoms with Crippen LogP contribution in [0, 0.1) is 0 Å². The average Bonchev–Trinajstić information content (AvgIpc) is 3.46. The maximum absolute atomic E-state index is 4.50. The molecule has 4 aromatic rings. The van der Waals surface area contributed by atoms with Crippen LogP contribution in [-0.4, -0.2) is 30.0 Å². The maximum Gasteiger partial charge on any atom is 0.128 e. The van der Waals surface area contributed by atoms with Crippen molar-refractivity contribution >= 4 is 85.8 Å². The Morgan fingerprint density at radius 2 is 0.794 bits per heavy atom. The number of nitrogens with zero attached hydrogens (tertiary/aromatic N) is 6. The van der Waals surface area contributed by atoms with Gasteiger partial charge >= 0.3 is 0 Å². The van der Waals surface area contributed by atoms with Crippen LogP contribution in [0.3, 0.4) is 0 Å². The zero-order valence-electron chi connectivity index (χ0n) is 19.6. The lowest BCUT2D eigenvalue weighted by atomic mass is 10.2. The van der Waals surface area contributed by atoms with E-state index in [4.69, 9.17) is 0 Å². The predicted molar refractivity (Wildman–Crippen MR) is 154 cm³/mol. The van der Waals surface area contributed by atoms with Crippen LogP contribution in [0.1, 0.15) is 65.2 Å². The summed E-state index contributed by atoms with van der Waals surface area (Å²) in [5.41, 5.74) is 3.70. The van der Waals surface area contributed by atoms with Crippen molar-refractivity contribution in [3.63, 3.8) is 0 Å². The predicted octanol–water partition coefficient (Wildman–Crippen LogP) is 9.07. The second kappa shape index (κ2) is 14.0. The van der Waals surface area contributed by atoms with Crippen molar-refractivity contribution in [1.29, 1.82) is 0 Å². The minimum Gasteiger partial charge on any atom is -0.184 e. The van der Waals surface area contributed by atoms with Gasteiger partial charge in [-0.2, -0.15) is 30.0 Å². The number of halogens is 4. The van der Waals surface area contributed by atoms with E-state index in [0.717, 1.165) is 65.9 Å². The molecular formula is C24H30Br4N6. The molecule has 34 heavy (non-hydrogen) atoms. The Labute approximate surface area is 234 Å². The van der Waals surface area contributed by atoms with E-state index in [1.165, 1.54) is 38.5 Å². The zero-order valence-corrected chi connectivity index (χ0v) is 25.9. The summed E-state index contributed by atoms with van der Waals surface area (Å²) in [6.07, 6.45) is 9.86. The fourth-order valence-corrected chi connectivity index (χ4v) is 5.10. The first kappa shape index (κ1) is 27.7. The van der Waals surface area contributed by atoms with E-state index < -0.39 is 0 Å². The maximum atomic E-state index is 4.50. The highest BCUT2D eigenvalue weighted by Crippen LogP contribution is 2.28. The van der Waals surface area contributed by atoms with E-state index >= 15 is 0 Å². The first-order chi connectivity index (χ1) is 16.4. The lowest BCUT2D eigenvalue weighted by Crippen LogP contribution is -2.01. The molecule has 2 aromatic carbocycles. The summed E-state index contributed by atoms with van der Waals surface area (Å²) in [7, 11) is 0. The minimum atomic E-state index is 0.896. The Morgan fingerprint density at radius 1 is 0.500 bits per heavy atom. The van der Waals surface area contributed by atoms with E-state index in [1.54, 1.807) is 9.59 Å². The molecule has 0 atom stereocenters. The van der Waals surface area contributed by atoms with Gasteiger partial charge in [0.2, 0.25) is 0 Å². The zero-order chi connectivity index (χ0) is 24.5. The second-order valence-corrected chi connectivity index (χ2v) is 11.6. The van der Waals surface area contributed by atoms with Crippen LogP contribution in [0.2, 0.25) is 0 Å². The normalized spacial score (nSPS) is 11.2. The molecule has 0 spiro atoms. The van der Waals surface area contributed by atoms with Crippen molar-refractivity contribution in [2.45, 2.75) is 78.3 Å². The summed E-state index contributed by atoms with van der Waals surface area (Å²) >= 11 is 14.0. The van der Waals surface area contributed by atoms with E-state index in [2.05, 4.69) is 98.0 Å². The molecule has 0 N–H and O–H groups in total. The standard InChI is InChI=1S/2C12H15Br2N3/c2*1-2-3-4-5-8-17-15-11-9(13)6-7-10(14)12(11)16-17/h2*6-7H,2-5,8H2,1H3. The Hall–Kier alpha value is -0.840. The highest BCUT2D eigenvalue weighted by molar-refractivity contribution is 9.11. The van der Waals surface area contributed by atoms with Crippen molar-refractivity contribution in [2.24, 2.45) is 0 Å². The molecule has 0 amide bonds. The summed E-state index contributed by atoms with van der Waals surface area (Å²) < 4.78 is 3.98. The van der Waals surface area contributed by atoms with Gasteiger partial charge in [-0.05, 0) is 101 Å². The van der Waals surface area contributed by atoms with Crippen LogP contribution in [0.15, 0.2) is 42.2 Å². The molecule has 4 rings (SSSR count). The van der Waals surface area contributed by atoms with E-state index in [0.29, 0.717) is 0 Å². The van der Waals surface area contributed by atoms with Crippen LogP contribution in [0.4, 0.5) is 0 Å². The van der Waals surface area contributed by atoms with Crippen LogP contribution in [0.5, 0.6) is 0 Å². The van der Waals surface area contributed by atoms with E-state index in [1.807, 2.05) is 24.3 Å². The van der Waals surface area contributed by atoms with Gasteiger partial charge in [0.05, 0.1) is 13.1 Å². The first-order valence-electron chi connectivity index (χ1n) is 11.8. The quantitative estimate of drug-likeness (QED) is 0.153. The topological polar surface area (TPSA) is 61.4 Å². The Balaban J connectivity index is 0.000000191. The largest absolute Gasteiger partial charge is 0.184 e. The van der Waals surface area contributed by atoms with Gasteiger partial charge in [-0.3, -0.25) is 0 Å². The van der Waals surface area contributed by atoms with Gasteiger partial charge in [0, 0.05) is 17.9 Å². The molecule has 0 aliphatic carbocycles. The van der Waals surface area contributed by atoms with Gasteiger partial charge in [-0.25, -0.2) is 0 Å². The van der Waals surface area contributed by atoms with Crippen LogP contribution in [0.25, 0.3) is 22.1 Å². The third-order valence-corrected chi connectivity index (χ3v) is 7.95. The smallest absolute Gasteiger partial charge is 0.128 e. The van der Waals surface area contributed by atoms with Crippen molar-refractivity contribution in [2.75, 3.05) is 0 Å². The molecule has 0 saturated heterocycles. The molecule has 184 valence electrons. The molecule has 2 aromatic heterocycles. The molecule has 0 aliphatic heterocycles. The summed E-state index contributed by atoms with van der Waals surface area (Å²) in [6.45, 7) is 6.23. The Morgan fingerprint density at radius 3 is 1.06 bits per heavy atom. The highest BCUT2D eigenvalue weighted by Gasteiger charge is 2.10. The summed E-state index contributed by atoms with van der Waals surface area (Å²) in [6, 6.07) is 7.95. The molecule has 0 saturated carbocycles. The molecule has 0 unspecified atom stereocenters. The first-order valence-corrected chi connectivity index (χ1v) is 15.0. The lowest BCUT2D eigenvalue weighted by molar-refractivity contribution is 0.495. The number of aryl methyl sites for hydroxylation is 2. The van der Waals surface area contributed by atoms with Gasteiger partial charge in [0.15, 0.2) is 0 Å². The fourth-order valence-electron chi connectivity index (χ4n) is 3.51. The van der Waals surface area contributed by atoms with Crippen molar-refractivity contribution in [1.82, 2.24) is 30.0 Å². The number of aromatic nitrogens is 6. The number of hydrogen-bond acceptors (Lipinski definition) is 4. The van der Waals surface area contributed by atoms with Gasteiger partial charge < -0.3 is 0 Å². The molecular weight excluding hydrogens is 692 g/mol. The minimum absolute atomic E-state index is 0.896. The molecule has 0 bridgehead atoms. The van der Waals surface area contributed by atoms with Gasteiger partial charge in [0.25, 0.3) is 0 Å². The molecule has 2 heterocycles. The SMILES string of the molecule is CCCCCCn1nc2c(Br)ccc(Br)c2n1.CCCCCCn1nc2c(Br)ccc(Br)c2n1. The molecule has 0 aliphatic rings. The monoisotopic (exact) mass is 718 g/mol. The van der Waals surface area contributed by atoms with Crippen molar-refractivity contribution in [3.05, 3.63) is 42.2 Å². The van der Waals surface area contributed by atoms with Crippen LogP contribution >= 0.6 is 63.7 Å². The second-order valence-electron chi connectivity index (χ2n) is 8.17. The van der Waals surface area contributed by atoms with Crippen molar-refractivity contribution in [3.8, 4) is 0 Å². The van der Waals surface area contributed by atoms with Crippen LogP contribution < -0.4 is 0 Å². The molecule has 10 heteroatoms. The van der Waals surface area contributed by atoms with Gasteiger partial charge in [-0.15, -0.1) is 0 Å². The molecule has 6 nitrogen and oxygen atoms in total. The van der Waals surface area contributed by atoms with Crippen molar-refractivity contribution < 1.29 is 0 Å². The Kier molecular flexibility index (Phi) is 11.5. The highest BCUT2D eigenvalue weighted by atomic mass is 79.9. The number of unbranched alkanes of at least 4 members (excludes halogenated alkanes) is 6. The number of hydrogen-bond donors (Lipinski definition) is 0. The fraction of sp³-hybridized carbons (Fsp3) is 0.500. The average molecular weight is 722 g/mol.